The molecule has 1 amide bonds. The summed E-state index contributed by atoms with van der Waals surface area (Å²) in [5.41, 5.74) is 4.28. The van der Waals surface area contributed by atoms with Gasteiger partial charge in [-0.3, -0.25) is 9.20 Å². The van der Waals surface area contributed by atoms with Crippen LogP contribution in [0.1, 0.15) is 23.2 Å². The van der Waals surface area contributed by atoms with Crippen LogP contribution in [0.2, 0.25) is 5.15 Å². The molecule has 0 bridgehead atoms. The first-order valence-electron chi connectivity index (χ1n) is 7.42. The zero-order valence-corrected chi connectivity index (χ0v) is 13.8. The number of halogens is 1. The molecular weight excluding hydrogens is 330 g/mol. The van der Waals surface area contributed by atoms with Gasteiger partial charge in [0.1, 0.15) is 0 Å². The van der Waals surface area contributed by atoms with E-state index in [0.717, 1.165) is 23.5 Å². The van der Waals surface area contributed by atoms with Crippen LogP contribution in [0.4, 0.5) is 5.69 Å². The van der Waals surface area contributed by atoms with Gasteiger partial charge in [0.15, 0.2) is 10.1 Å². The van der Waals surface area contributed by atoms with E-state index in [1.165, 1.54) is 35.0 Å². The van der Waals surface area contributed by atoms with Crippen molar-refractivity contribution in [2.45, 2.75) is 19.3 Å². The highest BCUT2D eigenvalue weighted by molar-refractivity contribution is 7.15. The number of carbonyl (C=O) groups is 1. The molecule has 0 atom stereocenters. The molecule has 0 unspecified atom stereocenters. The van der Waals surface area contributed by atoms with Crippen molar-refractivity contribution in [2.24, 2.45) is 0 Å². The molecule has 4 rings (SSSR count). The molecule has 1 aliphatic rings. The van der Waals surface area contributed by atoms with Gasteiger partial charge in [-0.2, -0.15) is 0 Å². The summed E-state index contributed by atoms with van der Waals surface area (Å²) in [5, 5.41) is 5.23. The van der Waals surface area contributed by atoms with Crippen LogP contribution in [0.3, 0.4) is 0 Å². The number of nitrogens with one attached hydrogen (secondary N) is 1. The van der Waals surface area contributed by atoms with Crippen molar-refractivity contribution in [1.29, 1.82) is 0 Å². The number of rotatable bonds is 3. The van der Waals surface area contributed by atoms with Crippen molar-refractivity contribution in [3.63, 3.8) is 0 Å². The van der Waals surface area contributed by atoms with E-state index < -0.39 is 0 Å². The first-order valence-corrected chi connectivity index (χ1v) is 8.68. The minimum absolute atomic E-state index is 0.177. The van der Waals surface area contributed by atoms with E-state index in [0.29, 0.717) is 10.8 Å². The Morgan fingerprint density at radius 3 is 3.13 bits per heavy atom. The van der Waals surface area contributed by atoms with Crippen LogP contribution in [0.25, 0.3) is 11.0 Å². The maximum absolute atomic E-state index is 12.1. The second-order valence-corrected chi connectivity index (χ2v) is 6.73. The van der Waals surface area contributed by atoms with Crippen LogP contribution >= 0.6 is 22.9 Å². The molecule has 3 aromatic rings. The highest BCUT2D eigenvalue weighted by Gasteiger charge is 2.12. The number of carbonyl (C=O) groups excluding carboxylic acids is 1. The second-order valence-electron chi connectivity index (χ2n) is 5.50. The van der Waals surface area contributed by atoms with Gasteiger partial charge in [-0.05, 0) is 48.6 Å². The zero-order chi connectivity index (χ0) is 15.8. The van der Waals surface area contributed by atoms with E-state index in [2.05, 4.69) is 22.4 Å². The summed E-state index contributed by atoms with van der Waals surface area (Å²) in [6.07, 6.45) is 8.49. The number of amides is 1. The number of anilines is 1. The third kappa shape index (κ3) is 2.78. The maximum Gasteiger partial charge on any atom is 0.248 e. The van der Waals surface area contributed by atoms with E-state index in [1.54, 1.807) is 6.08 Å². The predicted molar refractivity (Wildman–Crippen MR) is 94.2 cm³/mol. The maximum atomic E-state index is 12.1. The van der Waals surface area contributed by atoms with Crippen LogP contribution in [0.5, 0.6) is 0 Å². The monoisotopic (exact) mass is 343 g/mol. The Bertz CT molecular complexity index is 925. The third-order valence-electron chi connectivity index (χ3n) is 4.01. The number of hydrogen-bond donors (Lipinski definition) is 1. The highest BCUT2D eigenvalue weighted by atomic mass is 35.5. The Balaban J connectivity index is 1.51. The van der Waals surface area contributed by atoms with Crippen molar-refractivity contribution in [3.8, 4) is 0 Å². The minimum atomic E-state index is -0.177. The summed E-state index contributed by atoms with van der Waals surface area (Å²) in [4.78, 5) is 17.2. The fourth-order valence-electron chi connectivity index (χ4n) is 2.91. The molecular formula is C17H14ClN3OS. The average molecular weight is 344 g/mol. The summed E-state index contributed by atoms with van der Waals surface area (Å²) in [6, 6.07) is 6.13. The number of fused-ring (bicyclic) bond motifs is 2. The van der Waals surface area contributed by atoms with Gasteiger partial charge >= 0.3 is 0 Å². The first kappa shape index (κ1) is 14.5. The molecule has 0 saturated heterocycles. The molecule has 23 heavy (non-hydrogen) atoms. The van der Waals surface area contributed by atoms with Gasteiger partial charge in [-0.1, -0.05) is 17.7 Å². The molecule has 2 heterocycles. The van der Waals surface area contributed by atoms with Gasteiger partial charge in [0.25, 0.3) is 0 Å². The summed E-state index contributed by atoms with van der Waals surface area (Å²) >= 11 is 7.61. The fraction of sp³-hybridized carbons (Fsp3) is 0.176. The highest BCUT2D eigenvalue weighted by Crippen LogP contribution is 2.25. The number of hydrogen-bond acceptors (Lipinski definition) is 3. The second kappa shape index (κ2) is 5.83. The Hall–Kier alpha value is -2.11. The quantitative estimate of drug-likeness (QED) is 0.725. The molecule has 1 aliphatic carbocycles. The van der Waals surface area contributed by atoms with Gasteiger partial charge in [-0.25, -0.2) is 4.98 Å². The standard InChI is InChI=1S/C17H14ClN3OS/c18-16-14(21-8-9-23-17(21)20-16)6-7-15(22)19-13-5-4-11-2-1-3-12(11)10-13/h4-10H,1-3H2,(H,19,22)/b7-6+. The van der Waals surface area contributed by atoms with Crippen molar-refractivity contribution < 1.29 is 4.79 Å². The summed E-state index contributed by atoms with van der Waals surface area (Å²) in [5.74, 6) is -0.177. The first-order chi connectivity index (χ1) is 11.2. The number of aryl methyl sites for hydroxylation is 2. The number of thiazole rings is 1. The molecule has 0 spiro atoms. The average Bonchev–Trinajstić information content (AvgIpc) is 3.21. The molecule has 0 aliphatic heterocycles. The SMILES string of the molecule is O=C(/C=C/c1c(Cl)nc2sccn12)Nc1ccc2c(c1)CCC2. The lowest BCUT2D eigenvalue weighted by molar-refractivity contribution is -0.111. The van der Waals surface area contributed by atoms with Crippen molar-refractivity contribution >= 4 is 45.6 Å². The number of nitrogens with zero attached hydrogens (tertiary/aromatic N) is 2. The fourth-order valence-corrected chi connectivity index (χ4v) is 3.92. The van der Waals surface area contributed by atoms with E-state index in [-0.39, 0.29) is 5.91 Å². The Labute approximate surface area is 142 Å². The molecule has 0 radical (unpaired) electrons. The van der Waals surface area contributed by atoms with Gasteiger partial charge in [0.2, 0.25) is 5.91 Å². The van der Waals surface area contributed by atoms with Crippen LogP contribution in [0.15, 0.2) is 35.9 Å². The van der Waals surface area contributed by atoms with E-state index in [1.807, 2.05) is 22.0 Å². The summed E-state index contributed by atoms with van der Waals surface area (Å²) in [6.45, 7) is 0. The van der Waals surface area contributed by atoms with Crippen LogP contribution in [0, 0.1) is 0 Å². The Morgan fingerprint density at radius 2 is 2.22 bits per heavy atom. The van der Waals surface area contributed by atoms with Gasteiger partial charge in [0, 0.05) is 23.3 Å². The lowest BCUT2D eigenvalue weighted by atomic mass is 10.1. The molecule has 1 N–H and O–H groups in total. The molecule has 0 fully saturated rings. The molecule has 4 nitrogen and oxygen atoms in total. The van der Waals surface area contributed by atoms with Crippen molar-refractivity contribution in [1.82, 2.24) is 9.38 Å². The van der Waals surface area contributed by atoms with E-state index in [4.69, 9.17) is 11.6 Å². The zero-order valence-electron chi connectivity index (χ0n) is 12.3. The van der Waals surface area contributed by atoms with Gasteiger partial charge in [-0.15, -0.1) is 11.3 Å². The van der Waals surface area contributed by atoms with Gasteiger partial charge in [0.05, 0.1) is 5.69 Å². The number of imidazole rings is 1. The van der Waals surface area contributed by atoms with E-state index in [9.17, 15) is 4.79 Å². The molecule has 1 aromatic carbocycles. The predicted octanol–water partition coefficient (Wildman–Crippen LogP) is 4.19. The molecule has 2 aromatic heterocycles. The Morgan fingerprint density at radius 1 is 1.35 bits per heavy atom. The summed E-state index contributed by atoms with van der Waals surface area (Å²) in [7, 11) is 0. The smallest absolute Gasteiger partial charge is 0.248 e. The normalized spacial score (nSPS) is 13.8. The van der Waals surface area contributed by atoms with Crippen LogP contribution in [-0.4, -0.2) is 15.3 Å². The minimum Gasteiger partial charge on any atom is -0.323 e. The third-order valence-corrected chi connectivity index (χ3v) is 5.05. The van der Waals surface area contributed by atoms with Gasteiger partial charge < -0.3 is 5.32 Å². The van der Waals surface area contributed by atoms with Crippen LogP contribution in [-0.2, 0) is 17.6 Å². The lowest BCUT2D eigenvalue weighted by Gasteiger charge is -2.05. The van der Waals surface area contributed by atoms with Crippen molar-refractivity contribution in [2.75, 3.05) is 5.32 Å². The molecule has 6 heteroatoms. The summed E-state index contributed by atoms with van der Waals surface area (Å²) < 4.78 is 1.87. The van der Waals surface area contributed by atoms with Crippen molar-refractivity contribution in [3.05, 3.63) is 57.8 Å². The molecule has 116 valence electrons. The largest absolute Gasteiger partial charge is 0.323 e. The molecule has 0 saturated carbocycles. The van der Waals surface area contributed by atoms with Crippen LogP contribution < -0.4 is 5.32 Å². The van der Waals surface area contributed by atoms with E-state index >= 15 is 0 Å². The Kier molecular flexibility index (Phi) is 3.67. The lowest BCUT2D eigenvalue weighted by Crippen LogP contribution is -2.08. The number of aromatic nitrogens is 2. The topological polar surface area (TPSA) is 46.4 Å². The number of benzene rings is 1.